The van der Waals surface area contributed by atoms with Crippen LogP contribution in [-0.2, 0) is 13.1 Å². The lowest BCUT2D eigenvalue weighted by atomic mass is 10.2. The van der Waals surface area contributed by atoms with Gasteiger partial charge in [-0.2, -0.15) is 0 Å². The van der Waals surface area contributed by atoms with Gasteiger partial charge in [0.2, 0.25) is 0 Å². The highest BCUT2D eigenvalue weighted by Crippen LogP contribution is 2.18. The molecule has 5 nitrogen and oxygen atoms in total. The molecule has 1 aromatic carbocycles. The van der Waals surface area contributed by atoms with E-state index in [-0.39, 0.29) is 5.82 Å². The van der Waals surface area contributed by atoms with Crippen LogP contribution in [0.2, 0.25) is 0 Å². The van der Waals surface area contributed by atoms with E-state index in [1.54, 1.807) is 0 Å². The van der Waals surface area contributed by atoms with Crippen molar-refractivity contribution in [2.75, 3.05) is 31.1 Å². The topological polar surface area (TPSA) is 58.5 Å². The first-order chi connectivity index (χ1) is 10.2. The van der Waals surface area contributed by atoms with E-state index < -0.39 is 0 Å². The lowest BCUT2D eigenvalue weighted by Crippen LogP contribution is -2.45. The van der Waals surface area contributed by atoms with E-state index in [1.807, 2.05) is 18.2 Å². The van der Waals surface area contributed by atoms with Gasteiger partial charge in [-0.05, 0) is 24.3 Å². The molecule has 112 valence electrons. The predicted octanol–water partition coefficient (Wildman–Crippen LogP) is 1.59. The highest BCUT2D eigenvalue weighted by Gasteiger charge is 2.18. The van der Waals surface area contributed by atoms with Crippen molar-refractivity contribution >= 4 is 5.69 Å². The van der Waals surface area contributed by atoms with Crippen molar-refractivity contribution in [1.82, 2.24) is 10.1 Å². The van der Waals surface area contributed by atoms with E-state index in [1.165, 1.54) is 12.1 Å². The predicted molar refractivity (Wildman–Crippen MR) is 78.3 cm³/mol. The standard InChI is InChI=1S/C15H19FN4O/c16-12-1-3-14(4-2-12)20-7-5-19(6-8-20)11-15-9-13(10-17)18-21-15/h1-4,9H,5-8,10-11,17H2. The van der Waals surface area contributed by atoms with Crippen LogP contribution in [0.25, 0.3) is 0 Å². The summed E-state index contributed by atoms with van der Waals surface area (Å²) in [5.74, 6) is 0.657. The van der Waals surface area contributed by atoms with Crippen LogP contribution in [0.1, 0.15) is 11.5 Å². The zero-order valence-corrected chi connectivity index (χ0v) is 11.8. The third kappa shape index (κ3) is 3.40. The van der Waals surface area contributed by atoms with E-state index >= 15 is 0 Å². The largest absolute Gasteiger partial charge is 0.369 e. The number of halogens is 1. The van der Waals surface area contributed by atoms with Crippen LogP contribution in [-0.4, -0.2) is 36.2 Å². The molecule has 0 aliphatic carbocycles. The molecular weight excluding hydrogens is 271 g/mol. The molecule has 2 aromatic rings. The molecule has 3 rings (SSSR count). The van der Waals surface area contributed by atoms with Gasteiger partial charge in [0.15, 0.2) is 5.76 Å². The third-order valence-electron chi connectivity index (χ3n) is 3.76. The van der Waals surface area contributed by atoms with E-state index in [0.717, 1.165) is 49.9 Å². The van der Waals surface area contributed by atoms with Gasteiger partial charge in [0.05, 0.1) is 12.2 Å². The van der Waals surface area contributed by atoms with Gasteiger partial charge in [0.25, 0.3) is 0 Å². The Bertz CT molecular complexity index is 576. The van der Waals surface area contributed by atoms with Crippen LogP contribution < -0.4 is 10.6 Å². The molecule has 1 aromatic heterocycles. The molecule has 0 radical (unpaired) electrons. The average molecular weight is 290 g/mol. The minimum atomic E-state index is -0.196. The highest BCUT2D eigenvalue weighted by molar-refractivity contribution is 5.46. The number of hydrogen-bond acceptors (Lipinski definition) is 5. The second kappa shape index (κ2) is 6.24. The molecule has 21 heavy (non-hydrogen) atoms. The van der Waals surface area contributed by atoms with Gasteiger partial charge >= 0.3 is 0 Å². The Morgan fingerprint density at radius 3 is 2.48 bits per heavy atom. The molecule has 0 amide bonds. The second-order valence-corrected chi connectivity index (χ2v) is 5.23. The van der Waals surface area contributed by atoms with E-state index in [2.05, 4.69) is 15.0 Å². The summed E-state index contributed by atoms with van der Waals surface area (Å²) in [6.07, 6.45) is 0. The highest BCUT2D eigenvalue weighted by atomic mass is 19.1. The maximum Gasteiger partial charge on any atom is 0.151 e. The first-order valence-electron chi connectivity index (χ1n) is 7.12. The zero-order valence-electron chi connectivity index (χ0n) is 11.8. The fourth-order valence-electron chi connectivity index (χ4n) is 2.56. The molecule has 0 atom stereocenters. The molecule has 0 bridgehead atoms. The lowest BCUT2D eigenvalue weighted by Gasteiger charge is -2.35. The Balaban J connectivity index is 1.54. The fourth-order valence-corrected chi connectivity index (χ4v) is 2.56. The van der Waals surface area contributed by atoms with Crippen LogP contribution >= 0.6 is 0 Å². The van der Waals surface area contributed by atoms with E-state index in [4.69, 9.17) is 10.3 Å². The van der Waals surface area contributed by atoms with Crippen molar-refractivity contribution in [1.29, 1.82) is 0 Å². The summed E-state index contributed by atoms with van der Waals surface area (Å²) in [5.41, 5.74) is 7.38. The zero-order chi connectivity index (χ0) is 14.7. The van der Waals surface area contributed by atoms with Crippen molar-refractivity contribution in [3.05, 3.63) is 47.6 Å². The molecule has 2 N–H and O–H groups in total. The van der Waals surface area contributed by atoms with Crippen molar-refractivity contribution in [2.45, 2.75) is 13.1 Å². The summed E-state index contributed by atoms with van der Waals surface area (Å²) >= 11 is 0. The smallest absolute Gasteiger partial charge is 0.151 e. The van der Waals surface area contributed by atoms with Crippen molar-refractivity contribution in [2.24, 2.45) is 5.73 Å². The number of piperazine rings is 1. The quantitative estimate of drug-likeness (QED) is 0.926. The van der Waals surface area contributed by atoms with Crippen molar-refractivity contribution in [3.8, 4) is 0 Å². The molecule has 6 heteroatoms. The molecular formula is C15H19FN4O. The molecule has 1 fully saturated rings. The Labute approximate surface area is 123 Å². The second-order valence-electron chi connectivity index (χ2n) is 5.23. The summed E-state index contributed by atoms with van der Waals surface area (Å²) in [6.45, 7) is 4.88. The number of aromatic nitrogens is 1. The number of rotatable bonds is 4. The third-order valence-corrected chi connectivity index (χ3v) is 3.76. The monoisotopic (exact) mass is 290 g/mol. The van der Waals surface area contributed by atoms with Gasteiger partial charge in [0, 0.05) is 44.5 Å². The fraction of sp³-hybridized carbons (Fsp3) is 0.400. The molecule has 1 saturated heterocycles. The average Bonchev–Trinajstić information content (AvgIpc) is 2.97. The first kappa shape index (κ1) is 14.0. The molecule has 1 aliphatic heterocycles. The van der Waals surface area contributed by atoms with Crippen LogP contribution in [0.4, 0.5) is 10.1 Å². The van der Waals surface area contributed by atoms with Gasteiger partial charge in [0.1, 0.15) is 5.82 Å². The molecule has 2 heterocycles. The summed E-state index contributed by atoms with van der Waals surface area (Å²) in [7, 11) is 0. The molecule has 0 spiro atoms. The number of nitrogens with zero attached hydrogens (tertiary/aromatic N) is 3. The van der Waals surface area contributed by atoms with Crippen molar-refractivity contribution < 1.29 is 8.91 Å². The lowest BCUT2D eigenvalue weighted by molar-refractivity contribution is 0.219. The Hall–Kier alpha value is -1.92. The minimum Gasteiger partial charge on any atom is -0.369 e. The maximum atomic E-state index is 12.9. The Kier molecular flexibility index (Phi) is 4.17. The van der Waals surface area contributed by atoms with Gasteiger partial charge in [-0.3, -0.25) is 4.90 Å². The SMILES string of the molecule is NCc1cc(CN2CCN(c3ccc(F)cc3)CC2)on1. The van der Waals surface area contributed by atoms with E-state index in [9.17, 15) is 4.39 Å². The van der Waals surface area contributed by atoms with E-state index in [0.29, 0.717) is 6.54 Å². The van der Waals surface area contributed by atoms with Gasteiger partial charge < -0.3 is 15.2 Å². The maximum absolute atomic E-state index is 12.9. The van der Waals surface area contributed by atoms with Crippen LogP contribution in [0.3, 0.4) is 0 Å². The first-order valence-corrected chi connectivity index (χ1v) is 7.12. The van der Waals surface area contributed by atoms with Gasteiger partial charge in [-0.15, -0.1) is 0 Å². The number of nitrogens with two attached hydrogens (primary N) is 1. The molecule has 1 aliphatic rings. The molecule has 0 unspecified atom stereocenters. The van der Waals surface area contributed by atoms with Crippen LogP contribution in [0.15, 0.2) is 34.9 Å². The minimum absolute atomic E-state index is 0.196. The number of anilines is 1. The van der Waals surface area contributed by atoms with Crippen LogP contribution in [0.5, 0.6) is 0 Å². The number of hydrogen-bond donors (Lipinski definition) is 1. The summed E-state index contributed by atoms with van der Waals surface area (Å²) in [6, 6.07) is 8.57. The summed E-state index contributed by atoms with van der Waals surface area (Å²) in [5, 5.41) is 3.90. The normalized spacial score (nSPS) is 16.4. The summed E-state index contributed by atoms with van der Waals surface area (Å²) < 4.78 is 18.2. The van der Waals surface area contributed by atoms with Crippen molar-refractivity contribution in [3.63, 3.8) is 0 Å². The Morgan fingerprint density at radius 2 is 1.86 bits per heavy atom. The Morgan fingerprint density at radius 1 is 1.14 bits per heavy atom. The number of benzene rings is 1. The van der Waals surface area contributed by atoms with Gasteiger partial charge in [-0.25, -0.2) is 4.39 Å². The summed E-state index contributed by atoms with van der Waals surface area (Å²) in [4.78, 5) is 4.59. The molecule has 0 saturated carbocycles. The van der Waals surface area contributed by atoms with Gasteiger partial charge in [-0.1, -0.05) is 5.16 Å². The van der Waals surface area contributed by atoms with Crippen LogP contribution in [0, 0.1) is 5.82 Å².